The predicted molar refractivity (Wildman–Crippen MR) is 135 cm³/mol. The molecule has 1 amide bonds. The number of hydrogen-bond acceptors (Lipinski definition) is 2. The van der Waals surface area contributed by atoms with Gasteiger partial charge in [-0.1, -0.05) is 93.1 Å². The van der Waals surface area contributed by atoms with Crippen LogP contribution in [0.5, 0.6) is 0 Å². The van der Waals surface area contributed by atoms with Crippen LogP contribution < -0.4 is 5.32 Å². The Morgan fingerprint density at radius 1 is 0.848 bits per heavy atom. The molecule has 1 saturated carbocycles. The zero-order valence-corrected chi connectivity index (χ0v) is 20.1. The van der Waals surface area contributed by atoms with Crippen LogP contribution in [0.3, 0.4) is 0 Å². The zero-order valence-electron chi connectivity index (χ0n) is 20.1. The second-order valence-corrected chi connectivity index (χ2v) is 10.6. The van der Waals surface area contributed by atoms with Gasteiger partial charge in [0, 0.05) is 31.6 Å². The Kier molecular flexibility index (Phi) is 7.16. The molecule has 2 saturated heterocycles. The van der Waals surface area contributed by atoms with E-state index in [0.717, 1.165) is 51.9 Å². The molecule has 2 atom stereocenters. The summed E-state index contributed by atoms with van der Waals surface area (Å²) in [6.07, 6.45) is 13.4. The number of rotatable bonds is 2. The molecular weight excluding hydrogens is 404 g/mol. The second kappa shape index (κ2) is 10.4. The van der Waals surface area contributed by atoms with Crippen molar-refractivity contribution in [1.82, 2.24) is 10.2 Å². The van der Waals surface area contributed by atoms with Crippen LogP contribution >= 0.6 is 0 Å². The van der Waals surface area contributed by atoms with Crippen molar-refractivity contribution in [2.24, 2.45) is 5.92 Å². The standard InChI is InChI=1S/C24H28N2O.C6H12/c27-23(26-14-11-19(12-15-26)18-6-2-1-3-7-18)22-16-25-17-24(22)13-10-20-8-4-5-9-21(20)24;1-2-4-6-5-3-1/h1-9,19,22,25H,10-17H2;1-6H2/t22-,24-;/m0./s1. The molecule has 0 bridgehead atoms. The Bertz CT molecular complexity index is 902. The number of likely N-dealkylation sites (tertiary alicyclic amines) is 1. The van der Waals surface area contributed by atoms with Gasteiger partial charge in [0.25, 0.3) is 0 Å². The topological polar surface area (TPSA) is 32.3 Å². The van der Waals surface area contributed by atoms with Gasteiger partial charge in [-0.25, -0.2) is 0 Å². The van der Waals surface area contributed by atoms with Crippen molar-refractivity contribution in [3.05, 3.63) is 71.3 Å². The van der Waals surface area contributed by atoms with E-state index in [1.54, 1.807) is 0 Å². The van der Waals surface area contributed by atoms with Gasteiger partial charge in [0.1, 0.15) is 0 Å². The maximum atomic E-state index is 13.5. The van der Waals surface area contributed by atoms with Crippen molar-refractivity contribution in [2.45, 2.75) is 75.5 Å². The quantitative estimate of drug-likeness (QED) is 0.631. The van der Waals surface area contributed by atoms with Gasteiger partial charge in [0.05, 0.1) is 5.92 Å². The first-order valence-electron chi connectivity index (χ1n) is 13.4. The molecule has 176 valence electrons. The smallest absolute Gasteiger partial charge is 0.227 e. The summed E-state index contributed by atoms with van der Waals surface area (Å²) in [4.78, 5) is 15.7. The molecule has 4 aliphatic rings. The number of aryl methyl sites for hydroxylation is 1. The highest BCUT2D eigenvalue weighted by atomic mass is 16.2. The number of fused-ring (bicyclic) bond motifs is 2. The number of carbonyl (C=O) groups is 1. The number of amides is 1. The highest BCUT2D eigenvalue weighted by Gasteiger charge is 2.52. The SMILES string of the molecule is C1CCCCC1.O=C([C@@H]1CNC[C@]12CCc1ccccc12)N1CCC(c2ccccc2)CC1. The lowest BCUT2D eigenvalue weighted by Gasteiger charge is -2.38. The van der Waals surface area contributed by atoms with E-state index >= 15 is 0 Å². The van der Waals surface area contributed by atoms with Crippen molar-refractivity contribution in [2.75, 3.05) is 26.2 Å². The van der Waals surface area contributed by atoms with Crippen LogP contribution in [0.1, 0.15) is 80.4 Å². The van der Waals surface area contributed by atoms with Crippen molar-refractivity contribution in [1.29, 1.82) is 0 Å². The summed E-state index contributed by atoms with van der Waals surface area (Å²) in [7, 11) is 0. The van der Waals surface area contributed by atoms with Gasteiger partial charge >= 0.3 is 0 Å². The summed E-state index contributed by atoms with van der Waals surface area (Å²) in [5.41, 5.74) is 4.31. The minimum absolute atomic E-state index is 0.0178. The number of piperidine rings is 1. The fraction of sp³-hybridized carbons (Fsp3) is 0.567. The molecule has 2 aromatic rings. The summed E-state index contributed by atoms with van der Waals surface area (Å²) in [6.45, 7) is 3.56. The lowest BCUT2D eigenvalue weighted by Crippen LogP contribution is -2.47. The molecule has 2 aliphatic carbocycles. The van der Waals surface area contributed by atoms with E-state index in [4.69, 9.17) is 0 Å². The zero-order chi connectivity index (χ0) is 22.5. The number of nitrogens with one attached hydrogen (secondary N) is 1. The maximum Gasteiger partial charge on any atom is 0.227 e. The maximum absolute atomic E-state index is 13.5. The Labute approximate surface area is 200 Å². The molecule has 3 heteroatoms. The summed E-state index contributed by atoms with van der Waals surface area (Å²) in [6, 6.07) is 19.6. The normalized spacial score (nSPS) is 27.2. The summed E-state index contributed by atoms with van der Waals surface area (Å²) in [5, 5.41) is 3.55. The lowest BCUT2D eigenvalue weighted by atomic mass is 9.72. The van der Waals surface area contributed by atoms with Gasteiger partial charge in [0.2, 0.25) is 5.91 Å². The van der Waals surface area contributed by atoms with Gasteiger partial charge in [-0.2, -0.15) is 0 Å². The average molecular weight is 445 g/mol. The molecule has 6 rings (SSSR count). The number of benzene rings is 2. The fourth-order valence-corrected chi connectivity index (χ4v) is 6.78. The Hall–Kier alpha value is -2.13. The Balaban J connectivity index is 0.000000332. The van der Waals surface area contributed by atoms with E-state index < -0.39 is 0 Å². The second-order valence-electron chi connectivity index (χ2n) is 10.6. The van der Waals surface area contributed by atoms with Crippen molar-refractivity contribution in [3.8, 4) is 0 Å². The molecular formula is C30H40N2O. The summed E-state index contributed by atoms with van der Waals surface area (Å²) in [5.74, 6) is 1.07. The van der Waals surface area contributed by atoms with Crippen molar-refractivity contribution >= 4 is 5.91 Å². The third-order valence-electron chi connectivity index (χ3n) is 8.73. The van der Waals surface area contributed by atoms with E-state index in [1.807, 2.05) is 0 Å². The molecule has 2 heterocycles. The van der Waals surface area contributed by atoms with E-state index in [-0.39, 0.29) is 11.3 Å². The Morgan fingerprint density at radius 2 is 1.48 bits per heavy atom. The van der Waals surface area contributed by atoms with Crippen LogP contribution in [0.2, 0.25) is 0 Å². The highest BCUT2D eigenvalue weighted by molar-refractivity contribution is 5.82. The van der Waals surface area contributed by atoms with Crippen LogP contribution in [-0.2, 0) is 16.6 Å². The number of hydrogen-bond donors (Lipinski definition) is 1. The Morgan fingerprint density at radius 3 is 2.18 bits per heavy atom. The van der Waals surface area contributed by atoms with E-state index in [9.17, 15) is 4.79 Å². The van der Waals surface area contributed by atoms with Gasteiger partial charge < -0.3 is 10.2 Å². The minimum atomic E-state index is 0.0178. The lowest BCUT2D eigenvalue weighted by molar-refractivity contribution is -0.137. The molecule has 33 heavy (non-hydrogen) atoms. The molecule has 2 aromatic carbocycles. The van der Waals surface area contributed by atoms with E-state index in [1.165, 1.54) is 55.2 Å². The van der Waals surface area contributed by atoms with Crippen molar-refractivity contribution < 1.29 is 4.79 Å². The van der Waals surface area contributed by atoms with Gasteiger partial charge in [-0.15, -0.1) is 0 Å². The first-order valence-corrected chi connectivity index (χ1v) is 13.4. The van der Waals surface area contributed by atoms with Gasteiger partial charge in [-0.05, 0) is 48.3 Å². The van der Waals surface area contributed by atoms with Gasteiger partial charge in [0.15, 0.2) is 0 Å². The first kappa shape index (κ1) is 22.7. The van der Waals surface area contributed by atoms with Crippen LogP contribution in [0, 0.1) is 5.92 Å². The van der Waals surface area contributed by atoms with Gasteiger partial charge in [-0.3, -0.25) is 4.79 Å². The van der Waals surface area contributed by atoms with Crippen LogP contribution in [0.25, 0.3) is 0 Å². The van der Waals surface area contributed by atoms with Crippen LogP contribution in [0.4, 0.5) is 0 Å². The molecule has 3 fully saturated rings. The summed E-state index contributed by atoms with van der Waals surface area (Å²) >= 11 is 0. The first-order chi connectivity index (χ1) is 16.3. The number of carbonyl (C=O) groups excluding carboxylic acids is 1. The van der Waals surface area contributed by atoms with Crippen LogP contribution in [0.15, 0.2) is 54.6 Å². The molecule has 1 spiro atoms. The van der Waals surface area contributed by atoms with E-state index in [0.29, 0.717) is 11.8 Å². The average Bonchev–Trinajstić information content (AvgIpc) is 3.50. The largest absolute Gasteiger partial charge is 0.342 e. The fourth-order valence-electron chi connectivity index (χ4n) is 6.78. The molecule has 2 aliphatic heterocycles. The number of nitrogens with zero attached hydrogens (tertiary/aromatic N) is 1. The molecule has 3 nitrogen and oxygen atoms in total. The predicted octanol–water partition coefficient (Wildman–Crippen LogP) is 5.84. The third kappa shape index (κ3) is 4.75. The van der Waals surface area contributed by atoms with Crippen LogP contribution in [-0.4, -0.2) is 37.0 Å². The monoisotopic (exact) mass is 444 g/mol. The highest BCUT2D eigenvalue weighted by Crippen LogP contribution is 2.47. The molecule has 0 unspecified atom stereocenters. The molecule has 0 radical (unpaired) electrons. The van der Waals surface area contributed by atoms with E-state index in [2.05, 4.69) is 64.8 Å². The van der Waals surface area contributed by atoms with Crippen molar-refractivity contribution in [3.63, 3.8) is 0 Å². The molecule has 0 aromatic heterocycles. The third-order valence-corrected chi connectivity index (χ3v) is 8.73. The molecule has 1 N–H and O–H groups in total. The minimum Gasteiger partial charge on any atom is -0.342 e. The summed E-state index contributed by atoms with van der Waals surface area (Å²) < 4.78 is 0.